The largest absolute Gasteiger partial charge is 0.396 e. The molecule has 0 saturated carbocycles. The number of hydrogen-bond donors (Lipinski definition) is 3. The SMILES string of the molecule is CN=C(NCc1cccc(Cn2ccnc2)c1)NCC(CO)c1ccccc1.I. The lowest BCUT2D eigenvalue weighted by Gasteiger charge is -2.18. The van der Waals surface area contributed by atoms with Crippen molar-refractivity contribution in [1.82, 2.24) is 20.2 Å². The molecular formula is C22H28IN5O. The molecule has 3 aromatic rings. The molecule has 2 aromatic carbocycles. The summed E-state index contributed by atoms with van der Waals surface area (Å²) in [6.45, 7) is 2.17. The Hall–Kier alpha value is -2.39. The molecule has 0 radical (unpaired) electrons. The first kappa shape index (κ1) is 22.9. The summed E-state index contributed by atoms with van der Waals surface area (Å²) in [4.78, 5) is 8.37. The minimum Gasteiger partial charge on any atom is -0.396 e. The molecule has 7 heteroatoms. The molecular weight excluding hydrogens is 477 g/mol. The number of guanidine groups is 1. The first-order chi connectivity index (χ1) is 13.8. The summed E-state index contributed by atoms with van der Waals surface area (Å²) in [5, 5.41) is 16.3. The van der Waals surface area contributed by atoms with Crippen LogP contribution >= 0.6 is 24.0 Å². The highest BCUT2D eigenvalue weighted by Gasteiger charge is 2.10. The van der Waals surface area contributed by atoms with Gasteiger partial charge in [-0.2, -0.15) is 0 Å². The van der Waals surface area contributed by atoms with Crippen LogP contribution in [0.2, 0.25) is 0 Å². The number of nitrogens with one attached hydrogen (secondary N) is 2. The number of rotatable bonds is 8. The fourth-order valence-corrected chi connectivity index (χ4v) is 3.07. The molecule has 0 aliphatic heterocycles. The lowest BCUT2D eigenvalue weighted by Crippen LogP contribution is -2.39. The molecule has 3 rings (SSSR count). The molecule has 154 valence electrons. The molecule has 0 amide bonds. The maximum Gasteiger partial charge on any atom is 0.191 e. The summed E-state index contributed by atoms with van der Waals surface area (Å²) in [7, 11) is 1.75. The van der Waals surface area contributed by atoms with E-state index in [-0.39, 0.29) is 36.5 Å². The third-order valence-corrected chi connectivity index (χ3v) is 4.61. The van der Waals surface area contributed by atoms with Gasteiger partial charge in [0.15, 0.2) is 5.96 Å². The van der Waals surface area contributed by atoms with E-state index in [1.807, 2.05) is 47.4 Å². The van der Waals surface area contributed by atoms with Gasteiger partial charge in [0.1, 0.15) is 0 Å². The van der Waals surface area contributed by atoms with Crippen LogP contribution in [0.4, 0.5) is 0 Å². The predicted molar refractivity (Wildman–Crippen MR) is 128 cm³/mol. The number of nitrogens with zero attached hydrogens (tertiary/aromatic N) is 3. The minimum atomic E-state index is 0. The van der Waals surface area contributed by atoms with Gasteiger partial charge in [0.25, 0.3) is 0 Å². The number of hydrogen-bond acceptors (Lipinski definition) is 3. The van der Waals surface area contributed by atoms with Crippen LogP contribution in [-0.2, 0) is 13.1 Å². The molecule has 6 nitrogen and oxygen atoms in total. The fraction of sp³-hybridized carbons (Fsp3) is 0.273. The number of aliphatic hydroxyl groups is 1. The van der Waals surface area contributed by atoms with Gasteiger partial charge in [-0.15, -0.1) is 24.0 Å². The van der Waals surface area contributed by atoms with Gasteiger partial charge in [-0.25, -0.2) is 4.98 Å². The normalized spacial score (nSPS) is 12.1. The molecule has 3 N–H and O–H groups in total. The predicted octanol–water partition coefficient (Wildman–Crippen LogP) is 2.99. The molecule has 0 aliphatic rings. The molecule has 0 bridgehead atoms. The van der Waals surface area contributed by atoms with E-state index < -0.39 is 0 Å². The Morgan fingerprint density at radius 3 is 2.59 bits per heavy atom. The average molecular weight is 505 g/mol. The summed E-state index contributed by atoms with van der Waals surface area (Å²) in [6, 6.07) is 18.5. The molecule has 1 unspecified atom stereocenters. The molecule has 29 heavy (non-hydrogen) atoms. The van der Waals surface area contributed by atoms with Crippen molar-refractivity contribution in [3.63, 3.8) is 0 Å². The Morgan fingerprint density at radius 2 is 1.90 bits per heavy atom. The van der Waals surface area contributed by atoms with Crippen LogP contribution in [0.3, 0.4) is 0 Å². The molecule has 1 heterocycles. The van der Waals surface area contributed by atoms with Crippen LogP contribution in [0.5, 0.6) is 0 Å². The monoisotopic (exact) mass is 505 g/mol. The van der Waals surface area contributed by atoms with Gasteiger partial charge in [-0.05, 0) is 16.7 Å². The van der Waals surface area contributed by atoms with E-state index in [1.165, 1.54) is 11.1 Å². The van der Waals surface area contributed by atoms with Crippen molar-refractivity contribution < 1.29 is 5.11 Å². The molecule has 0 fully saturated rings. The number of halogens is 1. The fourth-order valence-electron chi connectivity index (χ4n) is 3.07. The number of imidazole rings is 1. The van der Waals surface area contributed by atoms with Crippen molar-refractivity contribution in [2.24, 2.45) is 4.99 Å². The minimum absolute atomic E-state index is 0. The highest BCUT2D eigenvalue weighted by atomic mass is 127. The number of aromatic nitrogens is 2. The van der Waals surface area contributed by atoms with E-state index in [9.17, 15) is 5.11 Å². The summed E-state index contributed by atoms with van der Waals surface area (Å²) in [6.07, 6.45) is 5.57. The first-order valence-electron chi connectivity index (χ1n) is 9.42. The zero-order valence-corrected chi connectivity index (χ0v) is 18.9. The van der Waals surface area contributed by atoms with E-state index in [0.717, 1.165) is 18.1 Å². The van der Waals surface area contributed by atoms with E-state index >= 15 is 0 Å². The van der Waals surface area contributed by atoms with Crippen molar-refractivity contribution in [1.29, 1.82) is 0 Å². The zero-order valence-electron chi connectivity index (χ0n) is 16.5. The second kappa shape index (κ2) is 12.2. The Morgan fingerprint density at radius 1 is 1.10 bits per heavy atom. The lowest BCUT2D eigenvalue weighted by molar-refractivity contribution is 0.265. The van der Waals surface area contributed by atoms with Crippen LogP contribution < -0.4 is 10.6 Å². The quantitative estimate of drug-likeness (QED) is 0.250. The van der Waals surface area contributed by atoms with Gasteiger partial charge in [0, 0.05) is 45.0 Å². The van der Waals surface area contributed by atoms with Gasteiger partial charge < -0.3 is 20.3 Å². The highest BCUT2D eigenvalue weighted by molar-refractivity contribution is 14.0. The Kier molecular flexibility index (Phi) is 9.66. The van der Waals surface area contributed by atoms with Crippen molar-refractivity contribution in [3.8, 4) is 0 Å². The van der Waals surface area contributed by atoms with Crippen LogP contribution in [0.15, 0.2) is 78.3 Å². The van der Waals surface area contributed by atoms with E-state index in [1.54, 1.807) is 13.2 Å². The zero-order chi connectivity index (χ0) is 19.6. The summed E-state index contributed by atoms with van der Waals surface area (Å²) in [5.74, 6) is 0.743. The van der Waals surface area contributed by atoms with Crippen LogP contribution in [0, 0.1) is 0 Å². The topological polar surface area (TPSA) is 74.5 Å². The van der Waals surface area contributed by atoms with Crippen molar-refractivity contribution >= 4 is 29.9 Å². The summed E-state index contributed by atoms with van der Waals surface area (Å²) < 4.78 is 2.05. The molecule has 0 aliphatic carbocycles. The van der Waals surface area contributed by atoms with Crippen molar-refractivity contribution in [2.75, 3.05) is 20.2 Å². The third kappa shape index (κ3) is 7.17. The highest BCUT2D eigenvalue weighted by Crippen LogP contribution is 2.13. The first-order valence-corrected chi connectivity index (χ1v) is 9.42. The number of aliphatic hydroxyl groups excluding tert-OH is 1. The van der Waals surface area contributed by atoms with Gasteiger partial charge in [-0.1, -0.05) is 54.6 Å². The van der Waals surface area contributed by atoms with Gasteiger partial charge >= 0.3 is 0 Å². The maximum absolute atomic E-state index is 9.70. The standard InChI is InChI=1S/C22H27N5O.HI/c1-23-22(26-14-21(16-28)20-8-3-2-4-9-20)25-13-18-6-5-7-19(12-18)15-27-11-10-24-17-27;/h2-12,17,21,28H,13-16H2,1H3,(H2,23,25,26);1H. The molecule has 1 aromatic heterocycles. The summed E-state index contributed by atoms with van der Waals surface area (Å²) >= 11 is 0. The van der Waals surface area contributed by atoms with Crippen molar-refractivity contribution in [2.45, 2.75) is 19.0 Å². The van der Waals surface area contributed by atoms with E-state index in [0.29, 0.717) is 13.1 Å². The van der Waals surface area contributed by atoms with Gasteiger partial charge in [-0.3, -0.25) is 4.99 Å². The molecule has 0 saturated heterocycles. The van der Waals surface area contributed by atoms with Crippen LogP contribution in [0.25, 0.3) is 0 Å². The average Bonchev–Trinajstić information content (AvgIpc) is 3.25. The van der Waals surface area contributed by atoms with Crippen LogP contribution in [-0.4, -0.2) is 40.8 Å². The van der Waals surface area contributed by atoms with E-state index in [2.05, 4.69) is 44.9 Å². The summed E-state index contributed by atoms with van der Waals surface area (Å²) in [5.41, 5.74) is 3.52. The molecule has 1 atom stereocenters. The Labute approximate surface area is 189 Å². The van der Waals surface area contributed by atoms with Crippen LogP contribution in [0.1, 0.15) is 22.6 Å². The van der Waals surface area contributed by atoms with Gasteiger partial charge in [0.05, 0.1) is 12.9 Å². The number of benzene rings is 2. The van der Waals surface area contributed by atoms with Crippen molar-refractivity contribution in [3.05, 3.63) is 90.0 Å². The second-order valence-electron chi connectivity index (χ2n) is 6.65. The third-order valence-electron chi connectivity index (χ3n) is 4.61. The number of aliphatic imine (C=N–C) groups is 1. The lowest BCUT2D eigenvalue weighted by atomic mass is 10.0. The maximum atomic E-state index is 9.70. The Balaban J connectivity index is 0.00000300. The Bertz CT molecular complexity index is 868. The second-order valence-corrected chi connectivity index (χ2v) is 6.65. The molecule has 0 spiro atoms. The van der Waals surface area contributed by atoms with E-state index in [4.69, 9.17) is 0 Å². The smallest absolute Gasteiger partial charge is 0.191 e. The van der Waals surface area contributed by atoms with Gasteiger partial charge in [0.2, 0.25) is 0 Å².